The van der Waals surface area contributed by atoms with Gasteiger partial charge in [-0.25, -0.2) is 4.98 Å². The third-order valence-corrected chi connectivity index (χ3v) is 4.79. The Hall–Kier alpha value is -1.11. The minimum atomic E-state index is -1.16. The number of hydrogen-bond acceptors (Lipinski definition) is 5. The molecule has 1 unspecified atom stereocenters. The van der Waals surface area contributed by atoms with Gasteiger partial charge < -0.3 is 10.8 Å². The molecule has 1 atom stereocenters. The van der Waals surface area contributed by atoms with Crippen LogP contribution in [0.2, 0.25) is 0 Å². The molecule has 18 heavy (non-hydrogen) atoms. The largest absolute Gasteiger partial charge is 0.480 e. The topological polar surface area (TPSA) is 76.2 Å². The van der Waals surface area contributed by atoms with Crippen LogP contribution in [0.4, 0.5) is 0 Å². The van der Waals surface area contributed by atoms with Crippen molar-refractivity contribution in [3.05, 3.63) is 24.3 Å². The normalized spacial score (nSPS) is 14.6. The zero-order chi connectivity index (χ0) is 13.2. The summed E-state index contributed by atoms with van der Waals surface area (Å²) in [6.07, 6.45) is 0.420. The third-order valence-electron chi connectivity index (χ3n) is 2.61. The molecule has 0 aliphatic heterocycles. The highest BCUT2D eigenvalue weighted by Gasteiger charge is 2.27. The van der Waals surface area contributed by atoms with Gasteiger partial charge in [-0.1, -0.05) is 23.9 Å². The van der Waals surface area contributed by atoms with Crippen LogP contribution in [0.25, 0.3) is 10.2 Å². The molecule has 0 saturated carbocycles. The molecule has 0 saturated heterocycles. The lowest BCUT2D eigenvalue weighted by Gasteiger charge is -2.17. The second-order valence-corrected chi connectivity index (χ2v) is 6.64. The molecule has 0 aliphatic rings. The predicted octanol–water partition coefficient (Wildman–Crippen LogP) is 2.58. The fourth-order valence-electron chi connectivity index (χ4n) is 1.37. The number of carboxylic acid groups (broad SMARTS) is 1. The summed E-state index contributed by atoms with van der Waals surface area (Å²) in [7, 11) is 0. The lowest BCUT2D eigenvalue weighted by atomic mass is 10.0. The SMILES string of the molecule is CC(N)(CCSc1nc2ccccc2s1)C(=O)O. The van der Waals surface area contributed by atoms with E-state index in [4.69, 9.17) is 10.8 Å². The Kier molecular flexibility index (Phi) is 3.89. The molecule has 0 aliphatic carbocycles. The Bertz CT molecular complexity index is 533. The van der Waals surface area contributed by atoms with E-state index >= 15 is 0 Å². The highest BCUT2D eigenvalue weighted by molar-refractivity contribution is 8.01. The Balaban J connectivity index is 1.96. The van der Waals surface area contributed by atoms with E-state index in [-0.39, 0.29) is 0 Å². The molecule has 4 nitrogen and oxygen atoms in total. The highest BCUT2D eigenvalue weighted by atomic mass is 32.2. The first-order valence-corrected chi connectivity index (χ1v) is 7.30. The molecule has 2 aromatic rings. The summed E-state index contributed by atoms with van der Waals surface area (Å²) in [4.78, 5) is 15.3. The number of thioether (sulfide) groups is 1. The van der Waals surface area contributed by atoms with E-state index < -0.39 is 11.5 Å². The van der Waals surface area contributed by atoms with Crippen LogP contribution in [0.15, 0.2) is 28.6 Å². The van der Waals surface area contributed by atoms with Crippen molar-refractivity contribution in [1.29, 1.82) is 0 Å². The van der Waals surface area contributed by atoms with E-state index in [1.165, 1.54) is 6.92 Å². The molecular formula is C12H14N2O2S2. The number of carbonyl (C=O) groups is 1. The van der Waals surface area contributed by atoms with E-state index in [9.17, 15) is 4.79 Å². The van der Waals surface area contributed by atoms with Crippen LogP contribution < -0.4 is 5.73 Å². The van der Waals surface area contributed by atoms with Crippen molar-refractivity contribution >= 4 is 39.3 Å². The van der Waals surface area contributed by atoms with Gasteiger partial charge in [0, 0.05) is 5.75 Å². The Labute approximate surface area is 113 Å². The van der Waals surface area contributed by atoms with Gasteiger partial charge in [0.15, 0.2) is 4.34 Å². The Morgan fingerprint density at radius 3 is 2.94 bits per heavy atom. The highest BCUT2D eigenvalue weighted by Crippen LogP contribution is 2.30. The fourth-order valence-corrected chi connectivity index (χ4v) is 3.69. The van der Waals surface area contributed by atoms with Gasteiger partial charge in [0.05, 0.1) is 10.2 Å². The van der Waals surface area contributed by atoms with E-state index in [0.717, 1.165) is 14.6 Å². The quantitative estimate of drug-likeness (QED) is 0.824. The van der Waals surface area contributed by atoms with Crippen molar-refractivity contribution in [3.63, 3.8) is 0 Å². The van der Waals surface area contributed by atoms with Crippen molar-refractivity contribution in [2.45, 2.75) is 23.2 Å². The molecule has 0 fully saturated rings. The van der Waals surface area contributed by atoms with Crippen LogP contribution >= 0.6 is 23.1 Å². The molecule has 0 amide bonds. The zero-order valence-corrected chi connectivity index (χ0v) is 11.6. The van der Waals surface area contributed by atoms with Gasteiger partial charge in [0.25, 0.3) is 0 Å². The summed E-state index contributed by atoms with van der Waals surface area (Å²) in [5.74, 6) is -0.313. The summed E-state index contributed by atoms with van der Waals surface area (Å²) < 4.78 is 2.10. The molecule has 6 heteroatoms. The van der Waals surface area contributed by atoms with Crippen molar-refractivity contribution in [3.8, 4) is 0 Å². The second-order valence-electron chi connectivity index (χ2n) is 4.27. The number of nitrogens with zero attached hydrogens (tertiary/aromatic N) is 1. The van der Waals surface area contributed by atoms with E-state index in [0.29, 0.717) is 12.2 Å². The summed E-state index contributed by atoms with van der Waals surface area (Å²) in [6, 6.07) is 7.94. The van der Waals surface area contributed by atoms with Gasteiger partial charge >= 0.3 is 5.97 Å². The standard InChI is InChI=1S/C12H14N2O2S2/c1-12(13,10(15)16)6-7-17-11-14-8-4-2-3-5-9(8)18-11/h2-5H,6-7,13H2,1H3,(H,15,16). The molecule has 0 spiro atoms. The second kappa shape index (κ2) is 5.26. The van der Waals surface area contributed by atoms with Gasteiger partial charge in [0.1, 0.15) is 5.54 Å². The van der Waals surface area contributed by atoms with Gasteiger partial charge in [-0.2, -0.15) is 0 Å². The molecule has 2 rings (SSSR count). The van der Waals surface area contributed by atoms with Crippen LogP contribution in [0.3, 0.4) is 0 Å². The number of benzene rings is 1. The van der Waals surface area contributed by atoms with Crippen LogP contribution in [0, 0.1) is 0 Å². The summed E-state index contributed by atoms with van der Waals surface area (Å²) in [6.45, 7) is 1.54. The fraction of sp³-hybridized carbons (Fsp3) is 0.333. The Morgan fingerprint density at radius 2 is 2.28 bits per heavy atom. The molecule has 96 valence electrons. The predicted molar refractivity (Wildman–Crippen MR) is 75.2 cm³/mol. The van der Waals surface area contributed by atoms with Crippen LogP contribution in [-0.2, 0) is 4.79 Å². The van der Waals surface area contributed by atoms with E-state index in [1.54, 1.807) is 23.1 Å². The van der Waals surface area contributed by atoms with Gasteiger partial charge in [0.2, 0.25) is 0 Å². The molecule has 0 bridgehead atoms. The number of aromatic nitrogens is 1. The van der Waals surface area contributed by atoms with Crippen LogP contribution in [0.1, 0.15) is 13.3 Å². The molecule has 1 heterocycles. The minimum Gasteiger partial charge on any atom is -0.480 e. The van der Waals surface area contributed by atoms with Gasteiger partial charge in [-0.3, -0.25) is 4.79 Å². The number of rotatable bonds is 5. The summed E-state index contributed by atoms with van der Waals surface area (Å²) in [5.41, 5.74) is 5.49. The lowest BCUT2D eigenvalue weighted by molar-refractivity contribution is -0.142. The zero-order valence-electron chi connectivity index (χ0n) is 9.92. The number of para-hydroxylation sites is 1. The average molecular weight is 282 g/mol. The van der Waals surface area contributed by atoms with Gasteiger partial charge in [-0.05, 0) is 25.5 Å². The van der Waals surface area contributed by atoms with Crippen molar-refractivity contribution < 1.29 is 9.90 Å². The third kappa shape index (κ3) is 3.01. The maximum absolute atomic E-state index is 10.9. The summed E-state index contributed by atoms with van der Waals surface area (Å²) in [5, 5.41) is 8.91. The monoisotopic (exact) mass is 282 g/mol. The number of fused-ring (bicyclic) bond motifs is 1. The number of carboxylic acids is 1. The first-order valence-electron chi connectivity index (χ1n) is 5.50. The summed E-state index contributed by atoms with van der Waals surface area (Å²) >= 11 is 3.17. The van der Waals surface area contributed by atoms with Crippen LogP contribution in [-0.4, -0.2) is 27.4 Å². The smallest absolute Gasteiger partial charge is 0.323 e. The molecule has 3 N–H and O–H groups in total. The number of nitrogens with two attached hydrogens (primary N) is 1. The molecular weight excluding hydrogens is 268 g/mol. The first kappa shape index (κ1) is 13.3. The maximum Gasteiger partial charge on any atom is 0.323 e. The van der Waals surface area contributed by atoms with Crippen molar-refractivity contribution in [1.82, 2.24) is 4.98 Å². The van der Waals surface area contributed by atoms with Crippen molar-refractivity contribution in [2.24, 2.45) is 5.73 Å². The van der Waals surface area contributed by atoms with E-state index in [1.807, 2.05) is 24.3 Å². The minimum absolute atomic E-state index is 0.420. The number of thiazole rings is 1. The molecule has 1 aromatic carbocycles. The Morgan fingerprint density at radius 1 is 1.56 bits per heavy atom. The number of hydrogen-bond donors (Lipinski definition) is 2. The average Bonchev–Trinajstić information content (AvgIpc) is 2.70. The number of aliphatic carboxylic acids is 1. The van der Waals surface area contributed by atoms with E-state index in [2.05, 4.69) is 4.98 Å². The van der Waals surface area contributed by atoms with Crippen LogP contribution in [0.5, 0.6) is 0 Å². The van der Waals surface area contributed by atoms with Gasteiger partial charge in [-0.15, -0.1) is 11.3 Å². The molecule has 1 aromatic heterocycles. The first-order chi connectivity index (χ1) is 8.49. The van der Waals surface area contributed by atoms with Crippen molar-refractivity contribution in [2.75, 3.05) is 5.75 Å². The maximum atomic E-state index is 10.9. The lowest BCUT2D eigenvalue weighted by Crippen LogP contribution is -2.45. The molecule has 0 radical (unpaired) electrons.